The molecule has 0 aromatic rings. The predicted molar refractivity (Wildman–Crippen MR) is 100 cm³/mol. The standard InChI is InChI=1S/C21H41O2/c1-3-5-6-7-8-9-10-11-12-13-14-15-16-17-18-19-20-21(22)23-4-2/h2-20H2,1H3. The second-order valence-electron chi connectivity index (χ2n) is 6.77. The largest absolute Gasteiger partial charge is 0.466 e. The minimum absolute atomic E-state index is 0.0923. The smallest absolute Gasteiger partial charge is 0.305 e. The van der Waals surface area contributed by atoms with Gasteiger partial charge in [-0.3, -0.25) is 4.79 Å². The molecule has 0 amide bonds. The maximum Gasteiger partial charge on any atom is 0.305 e. The van der Waals surface area contributed by atoms with Crippen LogP contribution < -0.4 is 0 Å². The fourth-order valence-electron chi connectivity index (χ4n) is 3.00. The van der Waals surface area contributed by atoms with Gasteiger partial charge in [0.2, 0.25) is 0 Å². The van der Waals surface area contributed by atoms with Crippen molar-refractivity contribution in [1.82, 2.24) is 0 Å². The van der Waals surface area contributed by atoms with Gasteiger partial charge in [-0.25, -0.2) is 0 Å². The highest BCUT2D eigenvalue weighted by atomic mass is 16.5. The molecule has 0 unspecified atom stereocenters. The Morgan fingerprint density at radius 3 is 1.35 bits per heavy atom. The van der Waals surface area contributed by atoms with Crippen LogP contribution in [-0.4, -0.2) is 12.6 Å². The Morgan fingerprint density at radius 2 is 1.00 bits per heavy atom. The zero-order valence-corrected chi connectivity index (χ0v) is 15.8. The molecule has 0 bridgehead atoms. The van der Waals surface area contributed by atoms with E-state index in [0.29, 0.717) is 6.42 Å². The van der Waals surface area contributed by atoms with E-state index in [1.807, 2.05) is 0 Å². The SMILES string of the molecule is [CH2]COC(=O)CCCCCCCCCCCCCCCCCC. The summed E-state index contributed by atoms with van der Waals surface area (Å²) >= 11 is 0. The quantitative estimate of drug-likeness (QED) is 0.200. The van der Waals surface area contributed by atoms with Crippen molar-refractivity contribution in [3.8, 4) is 0 Å². The van der Waals surface area contributed by atoms with Gasteiger partial charge in [0.25, 0.3) is 0 Å². The van der Waals surface area contributed by atoms with E-state index < -0.39 is 0 Å². The lowest BCUT2D eigenvalue weighted by molar-refractivity contribution is -0.142. The molecular formula is C21H41O2. The van der Waals surface area contributed by atoms with Crippen LogP contribution >= 0.6 is 0 Å². The fraction of sp³-hybridized carbons (Fsp3) is 0.905. The number of carbonyl (C=O) groups is 1. The summed E-state index contributed by atoms with van der Waals surface area (Å²) in [6.07, 6.45) is 22.3. The Morgan fingerprint density at radius 1 is 0.652 bits per heavy atom. The van der Waals surface area contributed by atoms with E-state index in [1.165, 1.54) is 89.9 Å². The van der Waals surface area contributed by atoms with E-state index in [1.54, 1.807) is 0 Å². The number of hydrogen-bond acceptors (Lipinski definition) is 2. The molecule has 1 radical (unpaired) electrons. The Hall–Kier alpha value is -0.530. The van der Waals surface area contributed by atoms with Crippen molar-refractivity contribution in [2.45, 2.75) is 116 Å². The van der Waals surface area contributed by atoms with E-state index in [9.17, 15) is 4.79 Å². The third-order valence-electron chi connectivity index (χ3n) is 4.50. The maximum atomic E-state index is 11.1. The first-order valence-corrected chi connectivity index (χ1v) is 10.3. The molecule has 0 saturated carbocycles. The predicted octanol–water partition coefficient (Wildman–Crippen LogP) is 7.02. The first-order chi connectivity index (χ1) is 11.3. The third-order valence-corrected chi connectivity index (χ3v) is 4.50. The number of esters is 1. The van der Waals surface area contributed by atoms with Crippen molar-refractivity contribution < 1.29 is 9.53 Å². The molecule has 0 aliphatic carbocycles. The summed E-state index contributed by atoms with van der Waals surface area (Å²) in [5.74, 6) is -0.0923. The van der Waals surface area contributed by atoms with Crippen LogP contribution in [0.2, 0.25) is 0 Å². The van der Waals surface area contributed by atoms with Crippen LogP contribution in [0.1, 0.15) is 116 Å². The monoisotopic (exact) mass is 325 g/mol. The van der Waals surface area contributed by atoms with Crippen LogP contribution in [0.5, 0.6) is 0 Å². The van der Waals surface area contributed by atoms with E-state index in [2.05, 4.69) is 13.8 Å². The maximum absolute atomic E-state index is 11.1. The molecule has 2 nitrogen and oxygen atoms in total. The normalized spacial score (nSPS) is 10.9. The summed E-state index contributed by atoms with van der Waals surface area (Å²) in [6, 6.07) is 0. The van der Waals surface area contributed by atoms with Crippen LogP contribution in [0.15, 0.2) is 0 Å². The lowest BCUT2D eigenvalue weighted by atomic mass is 10.0. The van der Waals surface area contributed by atoms with Crippen LogP contribution in [0.3, 0.4) is 0 Å². The third kappa shape index (κ3) is 19.4. The summed E-state index contributed by atoms with van der Waals surface area (Å²) in [7, 11) is 0. The zero-order valence-electron chi connectivity index (χ0n) is 15.8. The van der Waals surface area contributed by atoms with Gasteiger partial charge in [0.05, 0.1) is 6.61 Å². The van der Waals surface area contributed by atoms with Crippen molar-refractivity contribution in [1.29, 1.82) is 0 Å². The second-order valence-corrected chi connectivity index (χ2v) is 6.77. The Bertz CT molecular complexity index is 238. The van der Waals surface area contributed by atoms with Gasteiger partial charge < -0.3 is 4.74 Å². The van der Waals surface area contributed by atoms with Gasteiger partial charge in [-0.15, -0.1) is 0 Å². The van der Waals surface area contributed by atoms with Gasteiger partial charge in [-0.1, -0.05) is 103 Å². The van der Waals surface area contributed by atoms with Crippen molar-refractivity contribution in [2.24, 2.45) is 0 Å². The fourth-order valence-corrected chi connectivity index (χ4v) is 3.00. The van der Waals surface area contributed by atoms with Crippen LogP contribution in [-0.2, 0) is 9.53 Å². The molecule has 0 N–H and O–H groups in total. The van der Waals surface area contributed by atoms with Gasteiger partial charge in [0.1, 0.15) is 0 Å². The number of rotatable bonds is 18. The first kappa shape index (κ1) is 22.5. The Labute approximate surface area is 145 Å². The molecule has 0 fully saturated rings. The van der Waals surface area contributed by atoms with E-state index in [-0.39, 0.29) is 12.6 Å². The molecule has 0 aromatic carbocycles. The van der Waals surface area contributed by atoms with Crippen molar-refractivity contribution in [3.05, 3.63) is 6.92 Å². The second kappa shape index (κ2) is 19.5. The summed E-state index contributed by atoms with van der Waals surface area (Å²) < 4.78 is 4.82. The average molecular weight is 326 g/mol. The molecule has 2 heteroatoms. The molecular weight excluding hydrogens is 284 g/mol. The summed E-state index contributed by atoms with van der Waals surface area (Å²) in [6.45, 7) is 6.05. The first-order valence-electron chi connectivity index (χ1n) is 10.3. The molecule has 0 spiro atoms. The number of unbranched alkanes of at least 4 members (excludes halogenated alkanes) is 15. The summed E-state index contributed by atoms with van der Waals surface area (Å²) in [5, 5.41) is 0. The molecule has 0 atom stereocenters. The topological polar surface area (TPSA) is 26.3 Å². The highest BCUT2D eigenvalue weighted by Crippen LogP contribution is 2.14. The zero-order chi connectivity index (χ0) is 17.0. The van der Waals surface area contributed by atoms with Gasteiger partial charge in [-0.2, -0.15) is 0 Å². The summed E-state index contributed by atoms with van der Waals surface area (Å²) in [5.41, 5.74) is 0. The highest BCUT2D eigenvalue weighted by molar-refractivity contribution is 5.69. The minimum atomic E-state index is -0.0923. The minimum Gasteiger partial charge on any atom is -0.466 e. The highest BCUT2D eigenvalue weighted by Gasteiger charge is 2.00. The molecule has 0 aliphatic heterocycles. The molecule has 137 valence electrons. The van der Waals surface area contributed by atoms with E-state index in [0.717, 1.165) is 12.8 Å². The Balaban J connectivity index is 3.01. The molecule has 23 heavy (non-hydrogen) atoms. The lowest BCUT2D eigenvalue weighted by Gasteiger charge is -2.04. The van der Waals surface area contributed by atoms with Gasteiger partial charge in [0.15, 0.2) is 0 Å². The molecule has 0 rings (SSSR count). The van der Waals surface area contributed by atoms with Crippen LogP contribution in [0.4, 0.5) is 0 Å². The van der Waals surface area contributed by atoms with Crippen LogP contribution in [0.25, 0.3) is 0 Å². The van der Waals surface area contributed by atoms with Crippen molar-refractivity contribution in [2.75, 3.05) is 6.61 Å². The Kier molecular flexibility index (Phi) is 19.1. The average Bonchev–Trinajstić information content (AvgIpc) is 2.54. The summed E-state index contributed by atoms with van der Waals surface area (Å²) in [4.78, 5) is 11.1. The van der Waals surface area contributed by atoms with Gasteiger partial charge in [0, 0.05) is 6.42 Å². The van der Waals surface area contributed by atoms with Crippen molar-refractivity contribution >= 4 is 5.97 Å². The molecule has 0 saturated heterocycles. The number of carbonyl (C=O) groups excluding carboxylic acids is 1. The molecule has 0 aliphatic rings. The van der Waals surface area contributed by atoms with E-state index in [4.69, 9.17) is 4.74 Å². The van der Waals surface area contributed by atoms with Gasteiger partial charge >= 0.3 is 5.97 Å². The number of ether oxygens (including phenoxy) is 1. The van der Waals surface area contributed by atoms with Gasteiger partial charge in [-0.05, 0) is 13.3 Å². The van der Waals surface area contributed by atoms with Crippen LogP contribution in [0, 0.1) is 6.92 Å². The number of hydrogen-bond donors (Lipinski definition) is 0. The molecule has 0 heterocycles. The molecule has 0 aromatic heterocycles. The van der Waals surface area contributed by atoms with Crippen molar-refractivity contribution in [3.63, 3.8) is 0 Å². The lowest BCUT2D eigenvalue weighted by Crippen LogP contribution is -2.03. The van der Waals surface area contributed by atoms with E-state index >= 15 is 0 Å².